The molecule has 2 aromatic carbocycles. The molecule has 0 saturated heterocycles. The van der Waals surface area contributed by atoms with E-state index in [1.807, 2.05) is 82.3 Å². The molecular weight excluding hydrogens is 519 g/mol. The van der Waals surface area contributed by atoms with Crippen LogP contribution in [0.2, 0.25) is 10.0 Å². The number of hydrogen-bond donors (Lipinski definition) is 0. The van der Waals surface area contributed by atoms with Gasteiger partial charge in [0.1, 0.15) is 0 Å². The fourth-order valence-corrected chi connectivity index (χ4v) is 3.35. The molecule has 0 fully saturated rings. The van der Waals surface area contributed by atoms with E-state index in [-0.39, 0.29) is 0 Å². The Kier molecular flexibility index (Phi) is 10.5. The van der Waals surface area contributed by atoms with Gasteiger partial charge in [-0.1, -0.05) is 53.5 Å². The van der Waals surface area contributed by atoms with Crippen molar-refractivity contribution in [1.29, 1.82) is 0 Å². The zero-order chi connectivity index (χ0) is 23.0. The number of rotatable bonds is 4. The molecule has 0 radical (unpaired) electrons. The predicted molar refractivity (Wildman–Crippen MR) is 132 cm³/mol. The summed E-state index contributed by atoms with van der Waals surface area (Å²) in [6.45, 7) is 7.84. The molecule has 0 aliphatic carbocycles. The normalized spacial score (nSPS) is 11.9. The third-order valence-electron chi connectivity index (χ3n) is 4.43. The van der Waals surface area contributed by atoms with Gasteiger partial charge in [-0.05, 0) is 63.1 Å². The molecule has 3 nitrogen and oxygen atoms in total. The summed E-state index contributed by atoms with van der Waals surface area (Å²) in [5.41, 5.74) is 6.73. The third kappa shape index (κ3) is 7.31. The molecule has 0 aliphatic rings. The molecule has 0 saturated carbocycles. The molecular formula is C23H21Cl4CoN3. The number of aliphatic imine (C=N–C) groups is 2. The van der Waals surface area contributed by atoms with Gasteiger partial charge < -0.3 is 0 Å². The van der Waals surface area contributed by atoms with Gasteiger partial charge in [0.05, 0.1) is 44.2 Å². The topological polar surface area (TPSA) is 37.6 Å². The molecule has 165 valence electrons. The first-order valence-corrected chi connectivity index (χ1v) is 12.8. The van der Waals surface area contributed by atoms with E-state index >= 15 is 0 Å². The van der Waals surface area contributed by atoms with Crippen molar-refractivity contribution < 1.29 is 12.9 Å². The molecule has 0 spiro atoms. The van der Waals surface area contributed by atoms with Crippen LogP contribution in [0.3, 0.4) is 0 Å². The van der Waals surface area contributed by atoms with Crippen molar-refractivity contribution in [2.45, 2.75) is 27.7 Å². The number of nitrogens with zero attached hydrogens (tertiary/aromatic N) is 3. The SMILES string of the molecule is CC(=Nc1c(C)cccc1Cl)c1cccc(C(C)=Nc2c(C)cccc2Cl)n1.[Cl][Co][Cl]. The number of para-hydroxylation sites is 2. The van der Waals surface area contributed by atoms with Crippen LogP contribution in [0.15, 0.2) is 64.6 Å². The van der Waals surface area contributed by atoms with E-state index in [2.05, 4.69) is 0 Å². The summed E-state index contributed by atoms with van der Waals surface area (Å²) < 4.78 is 0. The number of halogens is 4. The van der Waals surface area contributed by atoms with Crippen molar-refractivity contribution >= 4 is 66.3 Å². The van der Waals surface area contributed by atoms with Gasteiger partial charge in [0.2, 0.25) is 0 Å². The van der Waals surface area contributed by atoms with Crippen LogP contribution >= 0.6 is 43.5 Å². The maximum absolute atomic E-state index is 6.30. The van der Waals surface area contributed by atoms with E-state index in [9.17, 15) is 0 Å². The molecule has 1 heterocycles. The monoisotopic (exact) mass is 538 g/mol. The molecule has 0 bridgehead atoms. The maximum atomic E-state index is 6.30. The van der Waals surface area contributed by atoms with Crippen molar-refractivity contribution in [2.24, 2.45) is 9.98 Å². The summed E-state index contributed by atoms with van der Waals surface area (Å²) in [6, 6.07) is 17.3. The average molecular weight is 540 g/mol. The Balaban J connectivity index is 0.00000107. The minimum atomic E-state index is 0.382. The Morgan fingerprint density at radius 2 is 1.06 bits per heavy atom. The molecule has 0 amide bonds. The molecule has 0 N–H and O–H groups in total. The fraction of sp³-hybridized carbons (Fsp3) is 0.174. The Hall–Kier alpha value is -1.40. The summed E-state index contributed by atoms with van der Waals surface area (Å²) in [5.74, 6) is 0. The second-order valence-corrected chi connectivity index (χ2v) is 9.19. The van der Waals surface area contributed by atoms with Crippen LogP contribution in [-0.4, -0.2) is 16.4 Å². The Labute approximate surface area is 208 Å². The zero-order valence-corrected chi connectivity index (χ0v) is 21.4. The summed E-state index contributed by atoms with van der Waals surface area (Å²) in [7, 11) is 9.47. The third-order valence-corrected chi connectivity index (χ3v) is 5.04. The number of aryl methyl sites for hydroxylation is 2. The van der Waals surface area contributed by atoms with Gasteiger partial charge >= 0.3 is 33.2 Å². The van der Waals surface area contributed by atoms with Crippen LogP contribution in [-0.2, 0) is 12.9 Å². The molecule has 0 unspecified atom stereocenters. The Bertz CT molecular complexity index is 990. The molecule has 31 heavy (non-hydrogen) atoms. The summed E-state index contributed by atoms with van der Waals surface area (Å²) >= 11 is 13.0. The van der Waals surface area contributed by atoms with Gasteiger partial charge in [0.15, 0.2) is 0 Å². The molecule has 8 heteroatoms. The molecule has 1 aromatic heterocycles. The van der Waals surface area contributed by atoms with Gasteiger partial charge in [-0.3, -0.25) is 0 Å². The second-order valence-electron chi connectivity index (χ2n) is 6.66. The van der Waals surface area contributed by atoms with Crippen molar-refractivity contribution in [3.8, 4) is 0 Å². The molecule has 0 aliphatic heterocycles. The van der Waals surface area contributed by atoms with E-state index in [0.29, 0.717) is 22.9 Å². The van der Waals surface area contributed by atoms with E-state index in [0.717, 1.165) is 45.3 Å². The van der Waals surface area contributed by atoms with E-state index in [1.165, 1.54) is 0 Å². The van der Waals surface area contributed by atoms with E-state index < -0.39 is 0 Å². The average Bonchev–Trinajstić information content (AvgIpc) is 2.74. The van der Waals surface area contributed by atoms with Crippen molar-refractivity contribution in [1.82, 2.24) is 4.98 Å². The van der Waals surface area contributed by atoms with Crippen molar-refractivity contribution in [3.05, 3.63) is 87.2 Å². The molecule has 3 rings (SSSR count). The number of benzene rings is 2. The van der Waals surface area contributed by atoms with Crippen LogP contribution in [0.25, 0.3) is 0 Å². The van der Waals surface area contributed by atoms with E-state index in [1.54, 1.807) is 0 Å². The van der Waals surface area contributed by atoms with Gasteiger partial charge in [-0.2, -0.15) is 0 Å². The standard InChI is InChI=1S/C23H21Cl2N3.2ClH.Co/c1-14-8-5-10-18(24)22(14)26-16(3)20-12-7-13-21(28-20)17(4)27-23-15(2)9-6-11-19(23)25;;;/h5-13H,1-4H3;2*1H;/q;;;+2/p-2. The Morgan fingerprint density at radius 3 is 1.42 bits per heavy atom. The van der Waals surface area contributed by atoms with Crippen molar-refractivity contribution in [3.63, 3.8) is 0 Å². The number of aromatic nitrogens is 1. The molecule has 3 aromatic rings. The second kappa shape index (κ2) is 12.6. The van der Waals surface area contributed by atoms with Crippen LogP contribution in [0.5, 0.6) is 0 Å². The van der Waals surface area contributed by atoms with Crippen LogP contribution in [0.1, 0.15) is 36.4 Å². The zero-order valence-electron chi connectivity index (χ0n) is 17.4. The van der Waals surface area contributed by atoms with Gasteiger partial charge in [-0.15, -0.1) is 0 Å². The summed E-state index contributed by atoms with van der Waals surface area (Å²) in [5, 5.41) is 1.25. The summed E-state index contributed by atoms with van der Waals surface area (Å²) in [4.78, 5) is 14.1. The van der Waals surface area contributed by atoms with Crippen LogP contribution in [0, 0.1) is 13.8 Å². The quantitative estimate of drug-likeness (QED) is 0.305. The first kappa shape index (κ1) is 25.9. The first-order valence-electron chi connectivity index (χ1n) is 9.20. The number of hydrogen-bond acceptors (Lipinski definition) is 3. The summed E-state index contributed by atoms with van der Waals surface area (Å²) in [6.07, 6.45) is 0. The van der Waals surface area contributed by atoms with Gasteiger partial charge in [-0.25, -0.2) is 15.0 Å². The number of pyridine rings is 1. The Morgan fingerprint density at radius 1 is 0.710 bits per heavy atom. The van der Waals surface area contributed by atoms with Crippen LogP contribution < -0.4 is 0 Å². The van der Waals surface area contributed by atoms with Crippen molar-refractivity contribution in [2.75, 3.05) is 0 Å². The van der Waals surface area contributed by atoms with E-state index in [4.69, 9.17) is 58.5 Å². The first-order chi connectivity index (χ1) is 14.8. The predicted octanol–water partition coefficient (Wildman–Crippen LogP) is 8.66. The fourth-order valence-electron chi connectivity index (χ4n) is 2.82. The molecule has 0 atom stereocenters. The van der Waals surface area contributed by atoms with Crippen LogP contribution in [0.4, 0.5) is 11.4 Å². The van der Waals surface area contributed by atoms with Gasteiger partial charge in [0, 0.05) is 0 Å². The minimum absolute atomic E-state index is 0.382. The van der Waals surface area contributed by atoms with Gasteiger partial charge in [0.25, 0.3) is 0 Å².